The first-order valence-corrected chi connectivity index (χ1v) is 10.5. The second-order valence-corrected chi connectivity index (χ2v) is 9.29. The van der Waals surface area contributed by atoms with Crippen molar-refractivity contribution in [3.63, 3.8) is 0 Å². The Balaban J connectivity index is 2.10. The van der Waals surface area contributed by atoms with Gasteiger partial charge in [-0.25, -0.2) is 13.1 Å². The van der Waals surface area contributed by atoms with Gasteiger partial charge in [0.15, 0.2) is 0 Å². The van der Waals surface area contributed by atoms with Crippen molar-refractivity contribution in [2.75, 3.05) is 5.32 Å². The molecule has 0 saturated heterocycles. The molecule has 1 aliphatic rings. The summed E-state index contributed by atoms with van der Waals surface area (Å²) in [7, 11) is -3.86. The number of hydrogen-bond donors (Lipinski definition) is 2. The molecule has 3 atom stereocenters. The number of nitrogens with one attached hydrogen (secondary N) is 2. The van der Waals surface area contributed by atoms with Gasteiger partial charge in [0.05, 0.1) is 4.90 Å². The summed E-state index contributed by atoms with van der Waals surface area (Å²) in [5, 5.41) is 2.92. The van der Waals surface area contributed by atoms with E-state index in [0.29, 0.717) is 23.4 Å². The summed E-state index contributed by atoms with van der Waals surface area (Å²) in [5.41, 5.74) is 0.553. The van der Waals surface area contributed by atoms with Gasteiger partial charge >= 0.3 is 0 Å². The fourth-order valence-electron chi connectivity index (χ4n) is 3.70. The van der Waals surface area contributed by atoms with Crippen molar-refractivity contribution >= 4 is 27.5 Å². The molecule has 2 N–H and O–H groups in total. The normalized spacial score (nSPS) is 23.5. The lowest BCUT2D eigenvalue weighted by Gasteiger charge is -2.36. The summed E-state index contributed by atoms with van der Waals surface area (Å²) in [4.78, 5) is 23.7. The smallest absolute Gasteiger partial charge is 0.264 e. The Hall–Kier alpha value is -1.89. The highest BCUT2D eigenvalue weighted by Crippen LogP contribution is 2.38. The van der Waals surface area contributed by atoms with Gasteiger partial charge in [0.1, 0.15) is 0 Å². The molecule has 0 aromatic heterocycles. The highest BCUT2D eigenvalue weighted by Gasteiger charge is 2.35. The molecule has 6 nitrogen and oxygen atoms in total. The number of hydrogen-bond acceptors (Lipinski definition) is 4. The molecule has 26 heavy (non-hydrogen) atoms. The van der Waals surface area contributed by atoms with E-state index in [0.717, 1.165) is 26.2 Å². The fourth-order valence-corrected chi connectivity index (χ4v) is 4.69. The zero-order valence-corrected chi connectivity index (χ0v) is 16.6. The summed E-state index contributed by atoms with van der Waals surface area (Å²) < 4.78 is 25.8. The van der Waals surface area contributed by atoms with Crippen LogP contribution in [0.25, 0.3) is 0 Å². The Bertz CT molecular complexity index is 756. The van der Waals surface area contributed by atoms with Gasteiger partial charge in [-0.2, -0.15) is 0 Å². The van der Waals surface area contributed by atoms with Gasteiger partial charge in [-0.15, -0.1) is 0 Å². The molecule has 1 aliphatic carbocycles. The van der Waals surface area contributed by atoms with Gasteiger partial charge in [-0.05, 0) is 54.9 Å². The van der Waals surface area contributed by atoms with Crippen molar-refractivity contribution in [3.8, 4) is 0 Å². The molecule has 0 spiro atoms. The number of rotatable bonds is 5. The van der Waals surface area contributed by atoms with Gasteiger partial charge in [-0.1, -0.05) is 27.2 Å². The Morgan fingerprint density at radius 1 is 1.12 bits per heavy atom. The van der Waals surface area contributed by atoms with Crippen molar-refractivity contribution in [2.24, 2.45) is 23.7 Å². The van der Waals surface area contributed by atoms with Crippen molar-refractivity contribution in [3.05, 3.63) is 24.3 Å². The van der Waals surface area contributed by atoms with Gasteiger partial charge in [0.25, 0.3) is 10.0 Å². The number of sulfonamides is 1. The third-order valence-electron chi connectivity index (χ3n) is 5.07. The third kappa shape index (κ3) is 5.06. The summed E-state index contributed by atoms with van der Waals surface area (Å²) >= 11 is 0. The molecule has 0 bridgehead atoms. The maximum absolute atomic E-state index is 12.8. The van der Waals surface area contributed by atoms with Crippen molar-refractivity contribution in [1.82, 2.24) is 4.72 Å². The Kier molecular flexibility index (Phi) is 6.44. The number of anilines is 1. The van der Waals surface area contributed by atoms with Crippen molar-refractivity contribution in [2.45, 2.75) is 51.9 Å². The van der Waals surface area contributed by atoms with Gasteiger partial charge in [0, 0.05) is 18.5 Å². The molecule has 7 heteroatoms. The molecule has 1 aromatic rings. The molecule has 1 fully saturated rings. The number of carbonyl (C=O) groups is 2. The van der Waals surface area contributed by atoms with Crippen LogP contribution in [-0.4, -0.2) is 20.2 Å². The van der Waals surface area contributed by atoms with Crippen LogP contribution in [-0.2, 0) is 19.6 Å². The van der Waals surface area contributed by atoms with Crippen LogP contribution >= 0.6 is 0 Å². The molecule has 1 aromatic carbocycles. The first-order chi connectivity index (χ1) is 12.1. The van der Waals surface area contributed by atoms with Crippen molar-refractivity contribution in [1.29, 1.82) is 0 Å². The van der Waals surface area contributed by atoms with Gasteiger partial charge in [-0.3, -0.25) is 9.59 Å². The van der Waals surface area contributed by atoms with Crippen LogP contribution in [0.4, 0.5) is 5.69 Å². The molecule has 0 unspecified atom stereocenters. The van der Waals surface area contributed by atoms with Crippen LogP contribution in [0.1, 0.15) is 47.0 Å². The number of benzene rings is 1. The maximum atomic E-state index is 12.8. The number of amides is 2. The SMILES string of the molecule is CC(=O)NS(=O)(=O)c1ccc(NC(=O)[C@H]2C[C@H](C)CC[C@@H]2C(C)C)cc1. The first kappa shape index (κ1) is 20.4. The lowest BCUT2D eigenvalue weighted by atomic mass is 9.70. The summed E-state index contributed by atoms with van der Waals surface area (Å²) in [6.45, 7) is 7.63. The van der Waals surface area contributed by atoms with Crippen LogP contribution in [0.5, 0.6) is 0 Å². The molecular formula is C19H28N2O4S. The fraction of sp³-hybridized carbons (Fsp3) is 0.579. The van der Waals surface area contributed by atoms with Crippen LogP contribution in [0, 0.1) is 23.7 Å². The van der Waals surface area contributed by atoms with E-state index in [1.807, 2.05) is 4.72 Å². The van der Waals surface area contributed by atoms with E-state index in [2.05, 4.69) is 26.1 Å². The predicted octanol–water partition coefficient (Wildman–Crippen LogP) is 3.16. The standard InChI is InChI=1S/C19H28N2O4S/c1-12(2)17-10-5-13(3)11-18(17)19(23)20-15-6-8-16(9-7-15)26(24,25)21-14(4)22/h6-9,12-13,17-18H,5,10-11H2,1-4H3,(H,20,23)(H,21,22)/t13-,17-,18+/m1/s1. The lowest BCUT2D eigenvalue weighted by Crippen LogP contribution is -2.36. The molecule has 2 amide bonds. The average molecular weight is 381 g/mol. The molecule has 144 valence electrons. The Morgan fingerprint density at radius 3 is 2.27 bits per heavy atom. The van der Waals surface area contributed by atoms with E-state index < -0.39 is 15.9 Å². The van der Waals surface area contributed by atoms with Crippen LogP contribution in [0.15, 0.2) is 29.2 Å². The third-order valence-corrected chi connectivity index (χ3v) is 6.52. The van der Waals surface area contributed by atoms with E-state index in [1.165, 1.54) is 12.1 Å². The zero-order chi connectivity index (χ0) is 19.5. The second-order valence-electron chi connectivity index (χ2n) is 7.61. The summed E-state index contributed by atoms with van der Waals surface area (Å²) in [6.07, 6.45) is 3.09. The average Bonchev–Trinajstić information content (AvgIpc) is 2.53. The van der Waals surface area contributed by atoms with E-state index in [1.54, 1.807) is 12.1 Å². The topological polar surface area (TPSA) is 92.3 Å². The van der Waals surface area contributed by atoms with Gasteiger partial charge in [0.2, 0.25) is 11.8 Å². The Labute approximate surface area is 155 Å². The van der Waals surface area contributed by atoms with E-state index in [-0.39, 0.29) is 16.7 Å². The highest BCUT2D eigenvalue weighted by molar-refractivity contribution is 7.90. The maximum Gasteiger partial charge on any atom is 0.264 e. The molecule has 2 rings (SSSR count). The zero-order valence-electron chi connectivity index (χ0n) is 15.8. The predicted molar refractivity (Wildman–Crippen MR) is 101 cm³/mol. The second kappa shape index (κ2) is 8.20. The molecule has 0 radical (unpaired) electrons. The molecule has 1 saturated carbocycles. The van der Waals surface area contributed by atoms with Gasteiger partial charge < -0.3 is 5.32 Å². The van der Waals surface area contributed by atoms with E-state index in [9.17, 15) is 18.0 Å². The first-order valence-electron chi connectivity index (χ1n) is 9.04. The molecule has 0 heterocycles. The molecule has 0 aliphatic heterocycles. The number of carbonyl (C=O) groups excluding carboxylic acids is 2. The van der Waals surface area contributed by atoms with Crippen molar-refractivity contribution < 1.29 is 18.0 Å². The minimum absolute atomic E-state index is 0.00674. The minimum atomic E-state index is -3.86. The van der Waals surface area contributed by atoms with Crippen LogP contribution in [0.3, 0.4) is 0 Å². The Morgan fingerprint density at radius 2 is 1.73 bits per heavy atom. The quantitative estimate of drug-likeness (QED) is 0.821. The summed E-state index contributed by atoms with van der Waals surface area (Å²) in [5.74, 6) is 0.669. The monoisotopic (exact) mass is 380 g/mol. The van der Waals surface area contributed by atoms with E-state index in [4.69, 9.17) is 0 Å². The molecular weight excluding hydrogens is 352 g/mol. The summed E-state index contributed by atoms with van der Waals surface area (Å²) in [6, 6.07) is 5.85. The van der Waals surface area contributed by atoms with Crippen LogP contribution in [0.2, 0.25) is 0 Å². The minimum Gasteiger partial charge on any atom is -0.326 e. The highest BCUT2D eigenvalue weighted by atomic mass is 32.2. The largest absolute Gasteiger partial charge is 0.326 e. The van der Waals surface area contributed by atoms with Crippen LogP contribution < -0.4 is 10.0 Å². The lowest BCUT2D eigenvalue weighted by molar-refractivity contribution is -0.124. The van der Waals surface area contributed by atoms with E-state index >= 15 is 0 Å².